The van der Waals surface area contributed by atoms with Crippen LogP contribution in [-0.2, 0) is 0 Å². The van der Waals surface area contributed by atoms with E-state index in [4.69, 9.17) is 5.73 Å². The van der Waals surface area contributed by atoms with Gasteiger partial charge in [0.2, 0.25) is 0 Å². The molecule has 0 amide bonds. The minimum absolute atomic E-state index is 0.619. The fourth-order valence-corrected chi connectivity index (χ4v) is 2.60. The van der Waals surface area contributed by atoms with Crippen LogP contribution in [0.15, 0.2) is 4.99 Å². The number of guanidine groups is 1. The van der Waals surface area contributed by atoms with Crippen molar-refractivity contribution in [2.24, 2.45) is 16.6 Å². The van der Waals surface area contributed by atoms with Gasteiger partial charge in [0, 0.05) is 13.1 Å². The summed E-state index contributed by atoms with van der Waals surface area (Å²) in [5, 5.41) is 3.20. The third-order valence-electron chi connectivity index (χ3n) is 4.13. The molecule has 0 saturated carbocycles. The Kier molecular flexibility index (Phi) is 9.46. The molecule has 0 aliphatic carbocycles. The van der Waals surface area contributed by atoms with Gasteiger partial charge >= 0.3 is 0 Å². The first-order valence-corrected chi connectivity index (χ1v) is 8.48. The Morgan fingerprint density at radius 2 is 1.95 bits per heavy atom. The van der Waals surface area contributed by atoms with Crippen molar-refractivity contribution in [3.63, 3.8) is 0 Å². The first-order chi connectivity index (χ1) is 9.72. The van der Waals surface area contributed by atoms with E-state index in [2.05, 4.69) is 29.1 Å². The molecule has 0 spiro atoms. The Balaban J connectivity index is 1.97. The van der Waals surface area contributed by atoms with Gasteiger partial charge in [0.15, 0.2) is 5.96 Å². The quantitative estimate of drug-likeness (QED) is 0.388. The zero-order valence-corrected chi connectivity index (χ0v) is 13.5. The average molecular weight is 282 g/mol. The topological polar surface area (TPSA) is 53.6 Å². The molecule has 1 aliphatic rings. The van der Waals surface area contributed by atoms with E-state index in [1.807, 2.05) is 0 Å². The fourth-order valence-electron chi connectivity index (χ4n) is 2.60. The van der Waals surface area contributed by atoms with Crippen molar-refractivity contribution in [3.8, 4) is 0 Å². The van der Waals surface area contributed by atoms with Crippen LogP contribution in [0.5, 0.6) is 0 Å². The first-order valence-electron chi connectivity index (χ1n) is 8.48. The third-order valence-corrected chi connectivity index (χ3v) is 4.13. The highest BCUT2D eigenvalue weighted by Gasteiger charge is 2.14. The molecule has 1 aliphatic heterocycles. The lowest BCUT2D eigenvalue weighted by molar-refractivity contribution is 0.192. The van der Waals surface area contributed by atoms with Crippen molar-refractivity contribution in [2.45, 2.75) is 58.8 Å². The number of nitrogens with zero attached hydrogens (tertiary/aromatic N) is 2. The van der Waals surface area contributed by atoms with Gasteiger partial charge in [-0.1, -0.05) is 33.1 Å². The van der Waals surface area contributed by atoms with Crippen LogP contribution in [0.2, 0.25) is 0 Å². The molecule has 1 heterocycles. The zero-order chi connectivity index (χ0) is 14.6. The number of hydrogen-bond acceptors (Lipinski definition) is 2. The lowest BCUT2D eigenvalue weighted by atomic mass is 9.99. The van der Waals surface area contributed by atoms with E-state index in [1.54, 1.807) is 0 Å². The fraction of sp³-hybridized carbons (Fsp3) is 0.938. The number of unbranched alkanes of at least 4 members (excludes halogenated alkanes) is 3. The van der Waals surface area contributed by atoms with Crippen molar-refractivity contribution in [1.29, 1.82) is 0 Å². The van der Waals surface area contributed by atoms with Crippen molar-refractivity contribution >= 4 is 5.96 Å². The van der Waals surface area contributed by atoms with Gasteiger partial charge in [-0.25, -0.2) is 0 Å². The monoisotopic (exact) mass is 282 g/mol. The molecule has 3 N–H and O–H groups in total. The van der Waals surface area contributed by atoms with E-state index in [0.717, 1.165) is 25.4 Å². The molecule has 1 rings (SSSR count). The Bertz CT molecular complexity index is 257. The summed E-state index contributed by atoms with van der Waals surface area (Å²) in [6, 6.07) is 0. The highest BCUT2D eigenvalue weighted by molar-refractivity contribution is 5.77. The molecule has 4 heteroatoms. The Hall–Kier alpha value is -0.770. The maximum atomic E-state index is 5.85. The van der Waals surface area contributed by atoms with Crippen LogP contribution in [0.4, 0.5) is 0 Å². The molecular weight excluding hydrogens is 248 g/mol. The Labute approximate surface area is 125 Å². The molecule has 0 atom stereocenters. The molecule has 0 bridgehead atoms. The van der Waals surface area contributed by atoms with Crippen LogP contribution in [-0.4, -0.2) is 43.6 Å². The van der Waals surface area contributed by atoms with Crippen molar-refractivity contribution < 1.29 is 0 Å². The molecule has 4 nitrogen and oxygen atoms in total. The summed E-state index contributed by atoms with van der Waals surface area (Å²) in [4.78, 5) is 6.96. The summed E-state index contributed by atoms with van der Waals surface area (Å²) in [5.41, 5.74) is 5.85. The number of hydrogen-bond donors (Lipinski definition) is 2. The summed E-state index contributed by atoms with van der Waals surface area (Å²) in [7, 11) is 0. The van der Waals surface area contributed by atoms with Gasteiger partial charge in [0.25, 0.3) is 0 Å². The normalized spacial score (nSPS) is 18.4. The second-order valence-electron chi connectivity index (χ2n) is 6.13. The second-order valence-corrected chi connectivity index (χ2v) is 6.13. The van der Waals surface area contributed by atoms with Gasteiger partial charge in [0.1, 0.15) is 0 Å². The van der Waals surface area contributed by atoms with Crippen LogP contribution in [0.1, 0.15) is 58.8 Å². The number of rotatable bonds is 9. The van der Waals surface area contributed by atoms with E-state index in [1.165, 1.54) is 58.2 Å². The molecule has 0 unspecified atom stereocenters. The van der Waals surface area contributed by atoms with E-state index in [0.29, 0.717) is 5.96 Å². The highest BCUT2D eigenvalue weighted by Crippen LogP contribution is 2.15. The number of nitrogens with one attached hydrogen (secondary N) is 1. The van der Waals surface area contributed by atoms with Crippen LogP contribution < -0.4 is 11.1 Å². The summed E-state index contributed by atoms with van der Waals surface area (Å²) < 4.78 is 0. The average Bonchev–Trinajstić information content (AvgIpc) is 2.45. The van der Waals surface area contributed by atoms with Crippen molar-refractivity contribution in [1.82, 2.24) is 10.2 Å². The highest BCUT2D eigenvalue weighted by atomic mass is 15.1. The molecular formula is C16H34N4. The second kappa shape index (κ2) is 11.0. The number of aliphatic imine (C=N–C) groups is 1. The van der Waals surface area contributed by atoms with E-state index < -0.39 is 0 Å². The molecule has 0 aromatic carbocycles. The molecule has 1 saturated heterocycles. The SMILES string of the molecule is CCCCCCNC(N)=NCCCN1CCC(C)CC1. The third kappa shape index (κ3) is 8.41. The van der Waals surface area contributed by atoms with Gasteiger partial charge in [-0.3, -0.25) is 4.99 Å². The first kappa shape index (κ1) is 17.3. The van der Waals surface area contributed by atoms with E-state index >= 15 is 0 Å². The predicted octanol–water partition coefficient (Wildman–Crippen LogP) is 2.59. The van der Waals surface area contributed by atoms with Crippen LogP contribution >= 0.6 is 0 Å². The summed E-state index contributed by atoms with van der Waals surface area (Å²) in [6.45, 7) is 10.1. The summed E-state index contributed by atoms with van der Waals surface area (Å²) in [6.07, 6.45) is 8.88. The van der Waals surface area contributed by atoms with Gasteiger partial charge in [-0.15, -0.1) is 0 Å². The Morgan fingerprint density at radius 3 is 2.65 bits per heavy atom. The largest absolute Gasteiger partial charge is 0.370 e. The molecule has 20 heavy (non-hydrogen) atoms. The molecule has 0 radical (unpaired) electrons. The lowest BCUT2D eigenvalue weighted by Crippen LogP contribution is -2.34. The molecule has 118 valence electrons. The van der Waals surface area contributed by atoms with Gasteiger partial charge in [-0.2, -0.15) is 0 Å². The zero-order valence-electron chi connectivity index (χ0n) is 13.5. The van der Waals surface area contributed by atoms with Crippen molar-refractivity contribution in [2.75, 3.05) is 32.7 Å². The number of nitrogens with two attached hydrogens (primary N) is 1. The maximum absolute atomic E-state index is 5.85. The minimum atomic E-state index is 0.619. The summed E-state index contributed by atoms with van der Waals surface area (Å²) in [5.74, 6) is 1.53. The van der Waals surface area contributed by atoms with Gasteiger partial charge in [0.05, 0.1) is 0 Å². The van der Waals surface area contributed by atoms with E-state index in [9.17, 15) is 0 Å². The van der Waals surface area contributed by atoms with Crippen LogP contribution in [0.25, 0.3) is 0 Å². The predicted molar refractivity (Wildman–Crippen MR) is 88.1 cm³/mol. The number of piperidine rings is 1. The molecule has 1 fully saturated rings. The summed E-state index contributed by atoms with van der Waals surface area (Å²) >= 11 is 0. The van der Waals surface area contributed by atoms with E-state index in [-0.39, 0.29) is 0 Å². The van der Waals surface area contributed by atoms with Crippen molar-refractivity contribution in [3.05, 3.63) is 0 Å². The van der Waals surface area contributed by atoms with Crippen LogP contribution in [0.3, 0.4) is 0 Å². The maximum Gasteiger partial charge on any atom is 0.188 e. The van der Waals surface area contributed by atoms with Gasteiger partial charge < -0.3 is 16.0 Å². The van der Waals surface area contributed by atoms with Gasteiger partial charge in [-0.05, 0) is 51.2 Å². The molecule has 0 aromatic heterocycles. The minimum Gasteiger partial charge on any atom is -0.370 e. The van der Waals surface area contributed by atoms with Crippen LogP contribution in [0, 0.1) is 5.92 Å². The lowest BCUT2D eigenvalue weighted by Gasteiger charge is -2.29. The number of likely N-dealkylation sites (tertiary alicyclic amines) is 1. The molecule has 0 aromatic rings. The smallest absolute Gasteiger partial charge is 0.188 e. The Morgan fingerprint density at radius 1 is 1.20 bits per heavy atom. The standard InChI is InChI=1S/C16H34N4/c1-3-4-5-6-10-18-16(17)19-11-7-12-20-13-8-15(2)9-14-20/h15H,3-14H2,1-2H3,(H3,17,18,19).